The van der Waals surface area contributed by atoms with Crippen LogP contribution in [0.1, 0.15) is 29.2 Å². The number of rotatable bonds is 2. The van der Waals surface area contributed by atoms with Gasteiger partial charge in [-0.3, -0.25) is 0 Å². The zero-order valence-electron chi connectivity index (χ0n) is 19.4. The van der Waals surface area contributed by atoms with Crippen LogP contribution < -0.4 is 15.0 Å². The Hall–Kier alpha value is -3.84. The third kappa shape index (κ3) is 4.23. The second-order valence-corrected chi connectivity index (χ2v) is 9.20. The molecule has 0 saturated carbocycles. The predicted octanol–water partition coefficient (Wildman–Crippen LogP) is 5.52. The highest BCUT2D eigenvalue weighted by Gasteiger charge is 2.30. The summed E-state index contributed by atoms with van der Waals surface area (Å²) in [5.41, 5.74) is 5.34. The molecule has 2 aromatic heterocycles. The van der Waals surface area contributed by atoms with Crippen LogP contribution in [0.3, 0.4) is 0 Å². The molecule has 6 rings (SSSR count). The third-order valence-electron chi connectivity index (χ3n) is 6.52. The SMILES string of the molecule is CN1C/C=C/COc2cc(ccc2-n2cnc(Cl)c2)Nc2nc3c(c1n2)CCC3c1ccccc1. The van der Waals surface area contributed by atoms with E-state index in [-0.39, 0.29) is 5.92 Å². The molecule has 0 saturated heterocycles. The highest BCUT2D eigenvalue weighted by Crippen LogP contribution is 2.41. The summed E-state index contributed by atoms with van der Waals surface area (Å²) in [6, 6.07) is 16.5. The number of imidazole rings is 1. The Morgan fingerprint density at radius 1 is 1.09 bits per heavy atom. The van der Waals surface area contributed by atoms with Gasteiger partial charge in [-0.25, -0.2) is 9.97 Å². The van der Waals surface area contributed by atoms with E-state index in [1.165, 1.54) is 11.1 Å². The molecule has 1 unspecified atom stereocenters. The number of nitrogens with one attached hydrogen (secondary N) is 1. The van der Waals surface area contributed by atoms with Crippen LogP contribution >= 0.6 is 11.6 Å². The Labute approximate surface area is 209 Å². The number of hydrogen-bond donors (Lipinski definition) is 1. The van der Waals surface area contributed by atoms with E-state index in [1.807, 2.05) is 28.8 Å². The Morgan fingerprint density at radius 2 is 1.97 bits per heavy atom. The standard InChI is InChI=1S/C27H25ClN6O/c1-33-13-5-6-14-35-23-15-19(9-12-22(23)34-16-24(28)29-17-34)30-27-31-25-20(18-7-3-2-4-8-18)10-11-21(25)26(33)32-27/h2-9,12,15-17,20H,10-11,13-14H2,1H3,(H,30,31,32)/b6-5+. The number of benzene rings is 2. The fourth-order valence-corrected chi connectivity index (χ4v) is 4.98. The lowest BCUT2D eigenvalue weighted by atomic mass is 9.97. The number of fused-ring (bicyclic) bond motifs is 6. The Bertz CT molecular complexity index is 1400. The molecule has 1 N–H and O–H groups in total. The maximum atomic E-state index is 6.13. The van der Waals surface area contributed by atoms with Crippen LogP contribution in [0.5, 0.6) is 5.75 Å². The van der Waals surface area contributed by atoms with Crippen molar-refractivity contribution in [1.29, 1.82) is 0 Å². The highest BCUT2D eigenvalue weighted by atomic mass is 35.5. The van der Waals surface area contributed by atoms with Crippen LogP contribution in [0.4, 0.5) is 17.5 Å². The first kappa shape index (κ1) is 21.7. The summed E-state index contributed by atoms with van der Waals surface area (Å²) in [4.78, 5) is 16.3. The molecular weight excluding hydrogens is 460 g/mol. The molecule has 3 heterocycles. The van der Waals surface area contributed by atoms with Gasteiger partial charge in [-0.15, -0.1) is 0 Å². The van der Waals surface area contributed by atoms with Crippen LogP contribution in [-0.4, -0.2) is 39.7 Å². The first-order valence-corrected chi connectivity index (χ1v) is 12.1. The second kappa shape index (κ2) is 9.07. The molecule has 0 spiro atoms. The predicted molar refractivity (Wildman–Crippen MR) is 138 cm³/mol. The largest absolute Gasteiger partial charge is 0.487 e. The lowest BCUT2D eigenvalue weighted by Crippen LogP contribution is -2.21. The van der Waals surface area contributed by atoms with Crippen molar-refractivity contribution in [2.45, 2.75) is 18.8 Å². The van der Waals surface area contributed by atoms with Crippen LogP contribution in [0.2, 0.25) is 5.15 Å². The van der Waals surface area contributed by atoms with E-state index in [9.17, 15) is 0 Å². The first-order chi connectivity index (χ1) is 17.2. The Kier molecular flexibility index (Phi) is 5.62. The molecule has 1 aliphatic carbocycles. The van der Waals surface area contributed by atoms with Gasteiger partial charge in [-0.05, 0) is 36.6 Å². The van der Waals surface area contributed by atoms with Gasteiger partial charge in [0, 0.05) is 43.0 Å². The van der Waals surface area contributed by atoms with Gasteiger partial charge < -0.3 is 19.5 Å². The van der Waals surface area contributed by atoms with Crippen LogP contribution in [0.15, 0.2) is 73.2 Å². The normalized spacial score (nSPS) is 17.9. The molecule has 2 aliphatic rings. The number of anilines is 3. The van der Waals surface area contributed by atoms with E-state index in [4.69, 9.17) is 26.3 Å². The van der Waals surface area contributed by atoms with Gasteiger partial charge in [-0.1, -0.05) is 48.0 Å². The summed E-state index contributed by atoms with van der Waals surface area (Å²) in [6.45, 7) is 1.17. The smallest absolute Gasteiger partial charge is 0.229 e. The monoisotopic (exact) mass is 484 g/mol. The summed E-state index contributed by atoms with van der Waals surface area (Å²) < 4.78 is 7.98. The summed E-state index contributed by atoms with van der Waals surface area (Å²) in [5, 5.41) is 3.86. The Morgan fingerprint density at radius 3 is 2.80 bits per heavy atom. The summed E-state index contributed by atoms with van der Waals surface area (Å²) in [5.74, 6) is 2.54. The van der Waals surface area contributed by atoms with E-state index in [1.54, 1.807) is 12.5 Å². The fraction of sp³-hybridized carbons (Fsp3) is 0.222. The maximum Gasteiger partial charge on any atom is 0.229 e. The lowest BCUT2D eigenvalue weighted by molar-refractivity contribution is 0.361. The van der Waals surface area contributed by atoms with Gasteiger partial charge in [0.2, 0.25) is 5.95 Å². The van der Waals surface area contributed by atoms with Crippen LogP contribution in [0.25, 0.3) is 5.69 Å². The minimum atomic E-state index is 0.264. The number of ether oxygens (including phenoxy) is 1. The van der Waals surface area contributed by atoms with Gasteiger partial charge in [-0.2, -0.15) is 4.98 Å². The molecule has 4 bridgehead atoms. The van der Waals surface area contributed by atoms with Gasteiger partial charge >= 0.3 is 0 Å². The molecule has 7 nitrogen and oxygen atoms in total. The van der Waals surface area contributed by atoms with Gasteiger partial charge in [0.25, 0.3) is 0 Å². The fourth-order valence-electron chi connectivity index (χ4n) is 4.83. The maximum absolute atomic E-state index is 6.13. The third-order valence-corrected chi connectivity index (χ3v) is 6.72. The molecule has 2 aromatic carbocycles. The Balaban J connectivity index is 1.44. The van der Waals surface area contributed by atoms with Crippen LogP contribution in [-0.2, 0) is 6.42 Å². The lowest BCUT2D eigenvalue weighted by Gasteiger charge is -2.21. The van der Waals surface area contributed by atoms with Crippen LogP contribution in [0, 0.1) is 0 Å². The number of hydrogen-bond acceptors (Lipinski definition) is 6. The summed E-state index contributed by atoms with van der Waals surface area (Å²) in [6.07, 6.45) is 9.59. The van der Waals surface area contributed by atoms with E-state index < -0.39 is 0 Å². The number of halogens is 1. The van der Waals surface area contributed by atoms with E-state index >= 15 is 0 Å². The second-order valence-electron chi connectivity index (χ2n) is 8.81. The average Bonchev–Trinajstić information content (AvgIpc) is 3.50. The number of likely N-dealkylation sites (N-methyl/N-ethyl adjacent to an activating group) is 1. The molecule has 176 valence electrons. The van der Waals surface area contributed by atoms with Crippen molar-refractivity contribution >= 4 is 29.1 Å². The number of aromatic nitrogens is 4. The highest BCUT2D eigenvalue weighted by molar-refractivity contribution is 6.29. The van der Waals surface area contributed by atoms with Crippen molar-refractivity contribution in [1.82, 2.24) is 19.5 Å². The van der Waals surface area contributed by atoms with Crippen molar-refractivity contribution in [3.8, 4) is 11.4 Å². The minimum absolute atomic E-state index is 0.264. The van der Waals surface area contributed by atoms with Gasteiger partial charge in [0.1, 0.15) is 29.7 Å². The minimum Gasteiger partial charge on any atom is -0.487 e. The molecule has 0 fully saturated rings. The summed E-state index contributed by atoms with van der Waals surface area (Å²) in [7, 11) is 2.08. The van der Waals surface area contributed by atoms with Gasteiger partial charge in [0.15, 0.2) is 0 Å². The topological polar surface area (TPSA) is 68.1 Å². The molecule has 1 atom stereocenters. The van der Waals surface area contributed by atoms with Gasteiger partial charge in [0.05, 0.1) is 11.4 Å². The molecule has 4 aromatic rings. The quantitative estimate of drug-likeness (QED) is 0.378. The molecule has 35 heavy (non-hydrogen) atoms. The molecule has 8 heteroatoms. The molecular formula is C27H25ClN6O. The molecule has 0 amide bonds. The van der Waals surface area contributed by atoms with E-state index in [2.05, 4.69) is 58.7 Å². The van der Waals surface area contributed by atoms with Crippen molar-refractivity contribution < 1.29 is 4.74 Å². The van der Waals surface area contributed by atoms with E-state index in [0.717, 1.165) is 42.3 Å². The average molecular weight is 485 g/mol. The number of nitrogens with zero attached hydrogens (tertiary/aromatic N) is 5. The first-order valence-electron chi connectivity index (χ1n) is 11.7. The molecule has 0 radical (unpaired) electrons. The van der Waals surface area contributed by atoms with Crippen molar-refractivity contribution in [3.63, 3.8) is 0 Å². The molecule has 1 aliphatic heterocycles. The zero-order valence-corrected chi connectivity index (χ0v) is 20.1. The van der Waals surface area contributed by atoms with Crippen molar-refractivity contribution in [3.05, 3.63) is 95.2 Å². The van der Waals surface area contributed by atoms with E-state index in [0.29, 0.717) is 23.5 Å². The summed E-state index contributed by atoms with van der Waals surface area (Å²) >= 11 is 6.05. The van der Waals surface area contributed by atoms with Crippen molar-refractivity contribution in [2.75, 3.05) is 30.4 Å². The van der Waals surface area contributed by atoms with Crippen molar-refractivity contribution in [2.24, 2.45) is 0 Å². The zero-order chi connectivity index (χ0) is 23.8.